The minimum Gasteiger partial charge on any atom is -0.312 e. The Morgan fingerprint density at radius 1 is 1.16 bits per heavy atom. The van der Waals surface area contributed by atoms with E-state index in [-0.39, 0.29) is 0 Å². The summed E-state index contributed by atoms with van der Waals surface area (Å²) in [6.07, 6.45) is 10.3. The van der Waals surface area contributed by atoms with Crippen LogP contribution in [0.4, 0.5) is 0 Å². The van der Waals surface area contributed by atoms with E-state index in [1.165, 1.54) is 58.2 Å². The van der Waals surface area contributed by atoms with Crippen LogP contribution in [0.25, 0.3) is 0 Å². The molecule has 2 heteroatoms. The Morgan fingerprint density at radius 2 is 2.00 bits per heavy atom. The van der Waals surface area contributed by atoms with Crippen molar-refractivity contribution in [3.8, 4) is 0 Å². The zero-order valence-electron chi connectivity index (χ0n) is 12.9. The quantitative estimate of drug-likeness (QED) is 0.724. The van der Waals surface area contributed by atoms with Gasteiger partial charge in [0.05, 0.1) is 0 Å². The largest absolute Gasteiger partial charge is 0.312 e. The lowest BCUT2D eigenvalue weighted by Crippen LogP contribution is -2.43. The van der Waals surface area contributed by atoms with Crippen molar-refractivity contribution < 1.29 is 0 Å². The average molecular weight is 264 g/mol. The molecule has 3 fully saturated rings. The van der Waals surface area contributed by atoms with Gasteiger partial charge < -0.3 is 10.2 Å². The Bertz CT molecular complexity index is 287. The summed E-state index contributed by atoms with van der Waals surface area (Å²) in [6, 6.07) is 0.767. The predicted molar refractivity (Wildman–Crippen MR) is 81.2 cm³/mol. The minimum atomic E-state index is 0.767. The molecule has 0 spiro atoms. The van der Waals surface area contributed by atoms with Crippen molar-refractivity contribution in [2.75, 3.05) is 26.7 Å². The number of hydrogen-bond donors (Lipinski definition) is 1. The molecule has 0 aliphatic heterocycles. The van der Waals surface area contributed by atoms with Crippen molar-refractivity contribution in [3.63, 3.8) is 0 Å². The molecule has 3 saturated carbocycles. The lowest BCUT2D eigenvalue weighted by Gasteiger charge is -2.30. The van der Waals surface area contributed by atoms with E-state index >= 15 is 0 Å². The number of rotatable bonds is 8. The van der Waals surface area contributed by atoms with Gasteiger partial charge in [0.1, 0.15) is 0 Å². The molecule has 110 valence electrons. The van der Waals surface area contributed by atoms with Gasteiger partial charge in [-0.15, -0.1) is 0 Å². The Kier molecular flexibility index (Phi) is 4.48. The first-order valence-corrected chi connectivity index (χ1v) is 8.68. The fourth-order valence-corrected chi connectivity index (χ4v) is 4.62. The second-order valence-electron chi connectivity index (χ2n) is 7.55. The lowest BCUT2D eigenvalue weighted by atomic mass is 9.88. The van der Waals surface area contributed by atoms with Crippen LogP contribution in [0.15, 0.2) is 0 Å². The molecule has 4 unspecified atom stereocenters. The maximum atomic E-state index is 3.78. The number of likely N-dealkylation sites (N-methyl/N-ethyl adjacent to an activating group) is 1. The smallest absolute Gasteiger partial charge is 0.0223 e. The van der Waals surface area contributed by atoms with E-state index in [0.29, 0.717) is 0 Å². The first kappa shape index (κ1) is 13.9. The van der Waals surface area contributed by atoms with Gasteiger partial charge in [0.2, 0.25) is 0 Å². The van der Waals surface area contributed by atoms with Crippen LogP contribution in [0.5, 0.6) is 0 Å². The van der Waals surface area contributed by atoms with Crippen LogP contribution in [0, 0.1) is 23.7 Å². The molecule has 4 atom stereocenters. The van der Waals surface area contributed by atoms with Gasteiger partial charge in [0, 0.05) is 19.1 Å². The molecule has 3 aliphatic rings. The zero-order chi connectivity index (χ0) is 13.2. The monoisotopic (exact) mass is 264 g/mol. The maximum absolute atomic E-state index is 3.78. The number of fused-ring (bicyclic) bond motifs is 2. The molecule has 1 N–H and O–H groups in total. The van der Waals surface area contributed by atoms with Gasteiger partial charge in [-0.2, -0.15) is 0 Å². The average Bonchev–Trinajstić information content (AvgIpc) is 3.04. The van der Waals surface area contributed by atoms with Crippen molar-refractivity contribution in [3.05, 3.63) is 0 Å². The normalized spacial score (nSPS) is 35.2. The van der Waals surface area contributed by atoms with Crippen LogP contribution < -0.4 is 5.32 Å². The molecular formula is C17H32N2. The van der Waals surface area contributed by atoms with E-state index in [1.807, 2.05) is 0 Å². The third-order valence-electron chi connectivity index (χ3n) is 5.79. The maximum Gasteiger partial charge on any atom is 0.0223 e. The molecule has 0 aromatic rings. The van der Waals surface area contributed by atoms with Crippen molar-refractivity contribution in [2.24, 2.45) is 23.7 Å². The van der Waals surface area contributed by atoms with Crippen LogP contribution in [0.3, 0.4) is 0 Å². The van der Waals surface area contributed by atoms with Crippen LogP contribution >= 0.6 is 0 Å². The zero-order valence-corrected chi connectivity index (χ0v) is 12.9. The van der Waals surface area contributed by atoms with Gasteiger partial charge in [0.15, 0.2) is 0 Å². The summed E-state index contributed by atoms with van der Waals surface area (Å²) in [7, 11) is 2.36. The van der Waals surface area contributed by atoms with E-state index < -0.39 is 0 Å². The van der Waals surface area contributed by atoms with Crippen LogP contribution in [-0.4, -0.2) is 37.6 Å². The molecule has 3 rings (SSSR count). The van der Waals surface area contributed by atoms with E-state index in [2.05, 4.69) is 24.2 Å². The number of nitrogens with zero attached hydrogens (tertiary/aromatic N) is 1. The third-order valence-corrected chi connectivity index (χ3v) is 5.79. The second-order valence-corrected chi connectivity index (χ2v) is 7.55. The molecule has 0 radical (unpaired) electrons. The van der Waals surface area contributed by atoms with Gasteiger partial charge in [-0.1, -0.05) is 13.3 Å². The Labute approximate surface area is 119 Å². The van der Waals surface area contributed by atoms with Crippen LogP contribution in [-0.2, 0) is 0 Å². The molecule has 2 nitrogen and oxygen atoms in total. The van der Waals surface area contributed by atoms with Crippen molar-refractivity contribution >= 4 is 0 Å². The Balaban J connectivity index is 1.43. The molecule has 3 aliphatic carbocycles. The Hall–Kier alpha value is -0.0800. The van der Waals surface area contributed by atoms with Crippen LogP contribution in [0.1, 0.15) is 51.9 Å². The van der Waals surface area contributed by atoms with E-state index in [0.717, 1.165) is 29.7 Å². The fourth-order valence-electron chi connectivity index (χ4n) is 4.62. The molecule has 0 amide bonds. The van der Waals surface area contributed by atoms with Gasteiger partial charge in [-0.05, 0) is 75.8 Å². The highest BCUT2D eigenvalue weighted by Gasteiger charge is 2.40. The molecule has 19 heavy (non-hydrogen) atoms. The Morgan fingerprint density at radius 3 is 2.58 bits per heavy atom. The van der Waals surface area contributed by atoms with Gasteiger partial charge >= 0.3 is 0 Å². The molecule has 0 aromatic carbocycles. The first-order valence-electron chi connectivity index (χ1n) is 8.68. The van der Waals surface area contributed by atoms with Gasteiger partial charge in [0.25, 0.3) is 0 Å². The molecule has 2 bridgehead atoms. The van der Waals surface area contributed by atoms with Crippen molar-refractivity contribution in [1.82, 2.24) is 10.2 Å². The minimum absolute atomic E-state index is 0.767. The third kappa shape index (κ3) is 3.52. The molecular weight excluding hydrogens is 232 g/mol. The van der Waals surface area contributed by atoms with Gasteiger partial charge in [-0.3, -0.25) is 0 Å². The summed E-state index contributed by atoms with van der Waals surface area (Å²) in [4.78, 5) is 2.64. The van der Waals surface area contributed by atoms with Crippen molar-refractivity contribution in [2.45, 2.75) is 57.9 Å². The van der Waals surface area contributed by atoms with E-state index in [4.69, 9.17) is 0 Å². The SMILES string of the molecule is CCCNC(CN(C)CC1CC2CCC1C2)C1CC1. The van der Waals surface area contributed by atoms with Crippen LogP contribution in [0.2, 0.25) is 0 Å². The van der Waals surface area contributed by atoms with E-state index in [1.54, 1.807) is 6.42 Å². The predicted octanol–water partition coefficient (Wildman–Crippen LogP) is 3.13. The highest BCUT2D eigenvalue weighted by Crippen LogP contribution is 2.48. The highest BCUT2D eigenvalue weighted by molar-refractivity contribution is 4.92. The number of hydrogen-bond acceptors (Lipinski definition) is 2. The summed E-state index contributed by atoms with van der Waals surface area (Å²) < 4.78 is 0. The summed E-state index contributed by atoms with van der Waals surface area (Å²) in [5, 5.41) is 3.78. The number of nitrogens with one attached hydrogen (secondary N) is 1. The molecule has 0 heterocycles. The fraction of sp³-hybridized carbons (Fsp3) is 1.00. The molecule has 0 saturated heterocycles. The first-order chi connectivity index (χ1) is 9.26. The van der Waals surface area contributed by atoms with E-state index in [9.17, 15) is 0 Å². The summed E-state index contributed by atoms with van der Waals surface area (Å²) >= 11 is 0. The van der Waals surface area contributed by atoms with Gasteiger partial charge in [-0.25, -0.2) is 0 Å². The second kappa shape index (κ2) is 6.13. The molecule has 0 aromatic heterocycles. The standard InChI is InChI=1S/C17H32N2/c1-3-8-18-17(14-6-7-14)12-19(2)11-16-10-13-4-5-15(16)9-13/h13-18H,3-12H2,1-2H3. The van der Waals surface area contributed by atoms with Crippen molar-refractivity contribution in [1.29, 1.82) is 0 Å². The summed E-state index contributed by atoms with van der Waals surface area (Å²) in [5.41, 5.74) is 0. The highest BCUT2D eigenvalue weighted by atomic mass is 15.1. The lowest BCUT2D eigenvalue weighted by molar-refractivity contribution is 0.198. The topological polar surface area (TPSA) is 15.3 Å². The summed E-state index contributed by atoms with van der Waals surface area (Å²) in [5.74, 6) is 4.18. The summed E-state index contributed by atoms with van der Waals surface area (Å²) in [6.45, 7) is 6.11.